The molecule has 3 nitrogen and oxygen atoms in total. The molecule has 0 saturated carbocycles. The molecule has 3 N–H and O–H groups in total. The summed E-state index contributed by atoms with van der Waals surface area (Å²) < 4.78 is 0. The van der Waals surface area contributed by atoms with Gasteiger partial charge in [0.05, 0.1) is 5.56 Å². The summed E-state index contributed by atoms with van der Waals surface area (Å²) in [5.41, 5.74) is 0.476. The highest BCUT2D eigenvalue weighted by Gasteiger charge is 2.01. The second-order valence-corrected chi connectivity index (χ2v) is 3.00. The lowest BCUT2D eigenvalue weighted by atomic mass is 10.1. The van der Waals surface area contributed by atoms with Gasteiger partial charge in [-0.3, -0.25) is 0 Å². The zero-order valence-electron chi connectivity index (χ0n) is 8.20. The van der Waals surface area contributed by atoms with E-state index in [-0.39, 0.29) is 11.5 Å². The Hall–Kier alpha value is -1.48. The molecule has 1 aromatic carbocycles. The average Bonchev–Trinajstić information content (AvgIpc) is 2.16. The Balaban J connectivity index is 2.70. The molecule has 0 spiro atoms. The molecule has 0 radical (unpaired) electrons. The Morgan fingerprint density at radius 3 is 2.50 bits per heavy atom. The van der Waals surface area contributed by atoms with E-state index in [0.717, 1.165) is 13.0 Å². The number of phenols is 2. The lowest BCUT2D eigenvalue weighted by Crippen LogP contribution is -2.05. The quantitative estimate of drug-likeness (QED) is 0.638. The number of rotatable bonds is 4. The topological polar surface area (TPSA) is 52.5 Å². The van der Waals surface area contributed by atoms with Gasteiger partial charge in [0.2, 0.25) is 0 Å². The first-order valence-corrected chi connectivity index (χ1v) is 4.58. The maximum atomic E-state index is 9.42. The van der Waals surface area contributed by atoms with Crippen molar-refractivity contribution in [1.29, 1.82) is 0 Å². The molecule has 0 atom stereocenters. The minimum absolute atomic E-state index is 0.103. The summed E-state index contributed by atoms with van der Waals surface area (Å²) in [6.45, 7) is 0.880. The molecular formula is C11H15NO2. The van der Waals surface area contributed by atoms with Crippen LogP contribution in [-0.2, 0) is 0 Å². The van der Waals surface area contributed by atoms with Gasteiger partial charge in [-0.05, 0) is 32.1 Å². The van der Waals surface area contributed by atoms with Crippen LogP contribution in [0.2, 0.25) is 0 Å². The fourth-order valence-electron chi connectivity index (χ4n) is 1.14. The van der Waals surface area contributed by atoms with Gasteiger partial charge in [0.15, 0.2) is 0 Å². The van der Waals surface area contributed by atoms with Gasteiger partial charge in [-0.15, -0.1) is 0 Å². The Morgan fingerprint density at radius 1 is 1.29 bits per heavy atom. The van der Waals surface area contributed by atoms with Crippen LogP contribution in [0.25, 0.3) is 6.08 Å². The predicted octanol–water partition coefficient (Wildman–Crippen LogP) is 1.72. The standard InChI is InChI=1S/C11H15NO2/c1-12-8-3-2-5-9-10(13)6-4-7-11(9)14/h2,4-7,12-14H,3,8H2,1H3. The maximum absolute atomic E-state index is 9.42. The number of nitrogens with one attached hydrogen (secondary N) is 1. The van der Waals surface area contributed by atoms with E-state index in [4.69, 9.17) is 0 Å². The van der Waals surface area contributed by atoms with Crippen LogP contribution in [0.3, 0.4) is 0 Å². The third-order valence-corrected chi connectivity index (χ3v) is 1.91. The van der Waals surface area contributed by atoms with Crippen molar-refractivity contribution in [3.05, 3.63) is 29.8 Å². The number of benzene rings is 1. The summed E-state index contributed by atoms with van der Waals surface area (Å²) >= 11 is 0. The van der Waals surface area contributed by atoms with E-state index >= 15 is 0 Å². The van der Waals surface area contributed by atoms with E-state index in [9.17, 15) is 10.2 Å². The second kappa shape index (κ2) is 5.29. The molecule has 0 aliphatic rings. The first-order chi connectivity index (χ1) is 6.75. The van der Waals surface area contributed by atoms with Crippen molar-refractivity contribution >= 4 is 6.08 Å². The smallest absolute Gasteiger partial charge is 0.126 e. The van der Waals surface area contributed by atoms with Crippen molar-refractivity contribution in [2.75, 3.05) is 13.6 Å². The normalized spacial score (nSPS) is 10.9. The third-order valence-electron chi connectivity index (χ3n) is 1.91. The zero-order valence-corrected chi connectivity index (χ0v) is 8.20. The second-order valence-electron chi connectivity index (χ2n) is 3.00. The van der Waals surface area contributed by atoms with E-state index in [2.05, 4.69) is 5.32 Å². The van der Waals surface area contributed by atoms with Gasteiger partial charge >= 0.3 is 0 Å². The summed E-state index contributed by atoms with van der Waals surface area (Å²) in [6, 6.07) is 4.71. The Labute approximate surface area is 83.7 Å². The van der Waals surface area contributed by atoms with Gasteiger partial charge in [-0.25, -0.2) is 0 Å². The van der Waals surface area contributed by atoms with E-state index in [0.29, 0.717) is 5.56 Å². The summed E-state index contributed by atoms with van der Waals surface area (Å²) in [4.78, 5) is 0. The summed E-state index contributed by atoms with van der Waals surface area (Å²) in [7, 11) is 1.88. The van der Waals surface area contributed by atoms with Crippen LogP contribution in [0.15, 0.2) is 24.3 Å². The third kappa shape index (κ3) is 2.78. The average molecular weight is 193 g/mol. The Morgan fingerprint density at radius 2 is 1.93 bits per heavy atom. The van der Waals surface area contributed by atoms with Crippen molar-refractivity contribution in [1.82, 2.24) is 5.32 Å². The Bertz CT molecular complexity index is 301. The Kier molecular flexibility index (Phi) is 4.01. The van der Waals surface area contributed by atoms with Gasteiger partial charge in [0.1, 0.15) is 11.5 Å². The number of hydrogen-bond donors (Lipinski definition) is 3. The van der Waals surface area contributed by atoms with Gasteiger partial charge in [-0.1, -0.05) is 18.2 Å². The molecule has 0 aliphatic carbocycles. The van der Waals surface area contributed by atoms with E-state index < -0.39 is 0 Å². The van der Waals surface area contributed by atoms with Gasteiger partial charge in [-0.2, -0.15) is 0 Å². The fraction of sp³-hybridized carbons (Fsp3) is 0.273. The van der Waals surface area contributed by atoms with Crippen molar-refractivity contribution in [2.24, 2.45) is 0 Å². The molecule has 0 heterocycles. The maximum Gasteiger partial charge on any atom is 0.126 e. The van der Waals surface area contributed by atoms with Crippen LogP contribution in [0.4, 0.5) is 0 Å². The minimum Gasteiger partial charge on any atom is -0.507 e. The van der Waals surface area contributed by atoms with Crippen molar-refractivity contribution in [3.63, 3.8) is 0 Å². The first-order valence-electron chi connectivity index (χ1n) is 4.58. The predicted molar refractivity (Wildman–Crippen MR) is 57.3 cm³/mol. The minimum atomic E-state index is 0.103. The van der Waals surface area contributed by atoms with Crippen LogP contribution in [0.5, 0.6) is 11.5 Å². The highest BCUT2D eigenvalue weighted by atomic mass is 16.3. The van der Waals surface area contributed by atoms with Gasteiger partial charge in [0.25, 0.3) is 0 Å². The summed E-state index contributed by atoms with van der Waals surface area (Å²) in [5.74, 6) is 0.205. The molecule has 0 fully saturated rings. The molecule has 1 aromatic rings. The molecular weight excluding hydrogens is 178 g/mol. The lowest BCUT2D eigenvalue weighted by Gasteiger charge is -2.01. The molecule has 0 aliphatic heterocycles. The van der Waals surface area contributed by atoms with Crippen LogP contribution < -0.4 is 5.32 Å². The van der Waals surface area contributed by atoms with Crippen LogP contribution in [0, 0.1) is 0 Å². The van der Waals surface area contributed by atoms with E-state index in [1.54, 1.807) is 24.3 Å². The number of hydrogen-bond acceptors (Lipinski definition) is 3. The molecule has 0 bridgehead atoms. The largest absolute Gasteiger partial charge is 0.507 e. The van der Waals surface area contributed by atoms with E-state index in [1.807, 2.05) is 13.1 Å². The van der Waals surface area contributed by atoms with Crippen molar-refractivity contribution < 1.29 is 10.2 Å². The van der Waals surface area contributed by atoms with Gasteiger partial charge in [0, 0.05) is 0 Å². The fourth-order valence-corrected chi connectivity index (χ4v) is 1.14. The van der Waals surface area contributed by atoms with Gasteiger partial charge < -0.3 is 15.5 Å². The molecule has 1 rings (SSSR count). The molecule has 0 aromatic heterocycles. The van der Waals surface area contributed by atoms with Crippen LogP contribution in [-0.4, -0.2) is 23.8 Å². The molecule has 0 saturated heterocycles. The number of phenolic OH excluding ortho intramolecular Hbond substituents is 2. The zero-order chi connectivity index (χ0) is 10.4. The molecule has 0 unspecified atom stereocenters. The SMILES string of the molecule is CNCCC=Cc1c(O)cccc1O. The molecule has 3 heteroatoms. The van der Waals surface area contributed by atoms with Crippen LogP contribution in [0.1, 0.15) is 12.0 Å². The van der Waals surface area contributed by atoms with E-state index in [1.165, 1.54) is 0 Å². The van der Waals surface area contributed by atoms with Crippen LogP contribution >= 0.6 is 0 Å². The van der Waals surface area contributed by atoms with Crippen molar-refractivity contribution in [2.45, 2.75) is 6.42 Å². The lowest BCUT2D eigenvalue weighted by molar-refractivity contribution is 0.448. The summed E-state index contributed by atoms with van der Waals surface area (Å²) in [5, 5.41) is 21.8. The van der Waals surface area contributed by atoms with Crippen molar-refractivity contribution in [3.8, 4) is 11.5 Å². The monoisotopic (exact) mass is 193 g/mol. The first kappa shape index (κ1) is 10.6. The summed E-state index contributed by atoms with van der Waals surface area (Å²) in [6.07, 6.45) is 4.50. The molecule has 0 amide bonds. The highest BCUT2D eigenvalue weighted by molar-refractivity contribution is 5.63. The molecule has 76 valence electrons. The highest BCUT2D eigenvalue weighted by Crippen LogP contribution is 2.27. The molecule has 14 heavy (non-hydrogen) atoms. The number of aromatic hydroxyl groups is 2.